The minimum absolute atomic E-state index is 0.183. The summed E-state index contributed by atoms with van der Waals surface area (Å²) in [7, 11) is 0.862. The van der Waals surface area contributed by atoms with Crippen molar-refractivity contribution in [1.82, 2.24) is 0 Å². The fraction of sp³-hybridized carbons (Fsp3) is 0.500. The molecule has 1 unspecified atom stereocenters. The molecule has 0 aromatic heterocycles. The number of hydrogen-bond acceptors (Lipinski definition) is 4. The van der Waals surface area contributed by atoms with Crippen LogP contribution in [0.4, 0.5) is 0 Å². The number of esters is 1. The molecule has 23 heavy (non-hydrogen) atoms. The van der Waals surface area contributed by atoms with Crippen LogP contribution in [-0.4, -0.2) is 31.4 Å². The van der Waals surface area contributed by atoms with Crippen LogP contribution in [-0.2, 0) is 18.8 Å². The van der Waals surface area contributed by atoms with Gasteiger partial charge in [0, 0.05) is 11.4 Å². The molecule has 1 aliphatic rings. The van der Waals surface area contributed by atoms with Gasteiger partial charge in [0.25, 0.3) is 0 Å². The van der Waals surface area contributed by atoms with Gasteiger partial charge in [-0.05, 0) is 45.4 Å². The van der Waals surface area contributed by atoms with Crippen molar-refractivity contribution in [2.45, 2.75) is 51.1 Å². The van der Waals surface area contributed by atoms with Gasteiger partial charge in [-0.3, -0.25) is 4.79 Å². The Morgan fingerprint density at radius 1 is 1.22 bits per heavy atom. The largest absolute Gasteiger partial charge is 0.469 e. The number of carbonyl (C=O) groups is 1. The Morgan fingerprint density at radius 3 is 2.17 bits per heavy atom. The van der Waals surface area contributed by atoms with Crippen LogP contribution in [0.25, 0.3) is 0 Å². The fourth-order valence-electron chi connectivity index (χ4n) is 2.51. The van der Waals surface area contributed by atoms with Crippen LogP contribution in [0.1, 0.15) is 51.1 Å². The molecule has 1 fully saturated rings. The normalized spacial score (nSPS) is 19.9. The van der Waals surface area contributed by atoms with Crippen molar-refractivity contribution >= 4 is 13.1 Å². The van der Waals surface area contributed by atoms with E-state index in [1.54, 1.807) is 0 Å². The second kappa shape index (κ2) is 6.39. The molecule has 1 saturated heterocycles. The first kappa shape index (κ1) is 17.6. The summed E-state index contributed by atoms with van der Waals surface area (Å²) in [6.45, 7) is 7.96. The van der Waals surface area contributed by atoms with E-state index in [0.717, 1.165) is 11.1 Å². The SMILES string of the molecule is C#Cc1ccc(C(CC(=O)OC)B2OC(C)(C)C(C)(C)O2)cc1. The summed E-state index contributed by atoms with van der Waals surface area (Å²) < 4.78 is 17.1. The standard InChI is InChI=1S/C18H23BO4/c1-7-13-8-10-14(11-9-13)15(12-16(20)21-6)19-22-17(2,3)18(4,5)23-19/h1,8-11,15H,12H2,2-6H3. The molecule has 0 amide bonds. The predicted octanol–water partition coefficient (Wildman–Crippen LogP) is 2.95. The minimum atomic E-state index is -0.518. The van der Waals surface area contributed by atoms with Crippen molar-refractivity contribution in [3.63, 3.8) is 0 Å². The summed E-state index contributed by atoms with van der Waals surface area (Å²) in [4.78, 5) is 11.8. The third-order valence-electron chi connectivity index (χ3n) is 4.72. The van der Waals surface area contributed by atoms with Crippen molar-refractivity contribution in [3.05, 3.63) is 35.4 Å². The lowest BCUT2D eigenvalue weighted by Gasteiger charge is -2.32. The van der Waals surface area contributed by atoms with Crippen molar-refractivity contribution in [2.75, 3.05) is 7.11 Å². The van der Waals surface area contributed by atoms with E-state index in [4.69, 9.17) is 20.5 Å². The summed E-state index contributed by atoms with van der Waals surface area (Å²) in [5, 5.41) is 0. The van der Waals surface area contributed by atoms with Gasteiger partial charge >= 0.3 is 13.1 Å². The molecule has 0 N–H and O–H groups in total. The lowest BCUT2D eigenvalue weighted by molar-refractivity contribution is -0.140. The molecule has 0 spiro atoms. The van der Waals surface area contributed by atoms with E-state index in [9.17, 15) is 4.79 Å². The van der Waals surface area contributed by atoms with Gasteiger partial charge in [-0.2, -0.15) is 0 Å². The maximum Gasteiger partial charge on any atom is 0.466 e. The first-order chi connectivity index (χ1) is 10.7. The molecule has 4 nitrogen and oxygen atoms in total. The van der Waals surface area contributed by atoms with E-state index >= 15 is 0 Å². The number of rotatable bonds is 4. The number of methoxy groups -OCH3 is 1. The fourth-order valence-corrected chi connectivity index (χ4v) is 2.51. The van der Waals surface area contributed by atoms with E-state index in [0.29, 0.717) is 0 Å². The molecule has 0 radical (unpaired) electrons. The summed E-state index contributed by atoms with van der Waals surface area (Å²) in [6.07, 6.45) is 5.58. The van der Waals surface area contributed by atoms with Crippen molar-refractivity contribution in [1.29, 1.82) is 0 Å². The number of benzene rings is 1. The van der Waals surface area contributed by atoms with Gasteiger partial charge in [-0.15, -0.1) is 6.42 Å². The molecule has 0 aliphatic carbocycles. The van der Waals surface area contributed by atoms with Gasteiger partial charge in [0.2, 0.25) is 0 Å². The van der Waals surface area contributed by atoms with Gasteiger partial charge in [-0.25, -0.2) is 0 Å². The topological polar surface area (TPSA) is 44.8 Å². The van der Waals surface area contributed by atoms with E-state index in [-0.39, 0.29) is 18.2 Å². The lowest BCUT2D eigenvalue weighted by atomic mass is 9.66. The summed E-state index contributed by atoms with van der Waals surface area (Å²) in [5.41, 5.74) is 0.822. The van der Waals surface area contributed by atoms with E-state index in [2.05, 4.69) is 5.92 Å². The first-order valence-corrected chi connectivity index (χ1v) is 7.69. The highest BCUT2D eigenvalue weighted by atomic mass is 16.7. The number of terminal acetylenes is 1. The van der Waals surface area contributed by atoms with E-state index in [1.165, 1.54) is 7.11 Å². The van der Waals surface area contributed by atoms with E-state index in [1.807, 2.05) is 52.0 Å². The zero-order chi connectivity index (χ0) is 17.3. The molecule has 1 aliphatic heterocycles. The van der Waals surface area contributed by atoms with Gasteiger partial charge < -0.3 is 14.0 Å². The third-order valence-corrected chi connectivity index (χ3v) is 4.72. The number of ether oxygens (including phenoxy) is 1. The van der Waals surface area contributed by atoms with Crippen LogP contribution in [0.2, 0.25) is 0 Å². The Kier molecular flexibility index (Phi) is 4.88. The minimum Gasteiger partial charge on any atom is -0.469 e. The Bertz CT molecular complexity index is 597. The summed E-state index contributed by atoms with van der Waals surface area (Å²) in [6, 6.07) is 7.53. The maximum absolute atomic E-state index is 11.8. The van der Waals surface area contributed by atoms with Crippen LogP contribution in [0.3, 0.4) is 0 Å². The highest BCUT2D eigenvalue weighted by Crippen LogP contribution is 2.41. The zero-order valence-corrected chi connectivity index (χ0v) is 14.4. The molecule has 1 aromatic rings. The number of hydrogen-bond donors (Lipinski definition) is 0. The Hall–Kier alpha value is -1.77. The molecule has 0 saturated carbocycles. The van der Waals surface area contributed by atoms with Gasteiger partial charge in [0.05, 0.1) is 24.7 Å². The molecule has 1 atom stereocenters. The quantitative estimate of drug-likeness (QED) is 0.487. The average Bonchev–Trinajstić information content (AvgIpc) is 2.72. The lowest BCUT2D eigenvalue weighted by Crippen LogP contribution is -2.41. The second-order valence-electron chi connectivity index (χ2n) is 6.78. The molecule has 0 bridgehead atoms. The second-order valence-corrected chi connectivity index (χ2v) is 6.78. The predicted molar refractivity (Wildman–Crippen MR) is 89.8 cm³/mol. The summed E-state index contributed by atoms with van der Waals surface area (Å²) in [5.74, 6) is 2.03. The highest BCUT2D eigenvalue weighted by molar-refractivity contribution is 6.48. The van der Waals surface area contributed by atoms with Crippen molar-refractivity contribution in [3.8, 4) is 12.3 Å². The van der Waals surface area contributed by atoms with Gasteiger partial charge in [0.15, 0.2) is 0 Å². The average molecular weight is 314 g/mol. The molecular formula is C18H23BO4. The Labute approximate surface area is 138 Å². The Morgan fingerprint density at radius 2 is 1.74 bits per heavy atom. The van der Waals surface area contributed by atoms with Gasteiger partial charge in [0.1, 0.15) is 0 Å². The molecule has 1 aromatic carbocycles. The molecule has 1 heterocycles. The van der Waals surface area contributed by atoms with Crippen LogP contribution >= 0.6 is 0 Å². The molecule has 122 valence electrons. The van der Waals surface area contributed by atoms with Crippen molar-refractivity contribution in [2.24, 2.45) is 0 Å². The summed E-state index contributed by atoms with van der Waals surface area (Å²) >= 11 is 0. The Balaban J connectivity index is 2.31. The van der Waals surface area contributed by atoms with Crippen molar-refractivity contribution < 1.29 is 18.8 Å². The van der Waals surface area contributed by atoms with E-state index < -0.39 is 18.3 Å². The van der Waals surface area contributed by atoms with Crippen LogP contribution < -0.4 is 0 Å². The third kappa shape index (κ3) is 3.60. The van der Waals surface area contributed by atoms with Crippen LogP contribution in [0, 0.1) is 12.3 Å². The molecular weight excluding hydrogens is 291 g/mol. The first-order valence-electron chi connectivity index (χ1n) is 7.69. The molecule has 2 rings (SSSR count). The van der Waals surface area contributed by atoms with Crippen LogP contribution in [0.15, 0.2) is 24.3 Å². The zero-order valence-electron chi connectivity index (χ0n) is 14.4. The van der Waals surface area contributed by atoms with Crippen LogP contribution in [0.5, 0.6) is 0 Å². The number of carbonyl (C=O) groups excluding carboxylic acids is 1. The van der Waals surface area contributed by atoms with Gasteiger partial charge in [-0.1, -0.05) is 18.1 Å². The monoisotopic (exact) mass is 314 g/mol. The highest BCUT2D eigenvalue weighted by Gasteiger charge is 2.54. The smallest absolute Gasteiger partial charge is 0.466 e. The maximum atomic E-state index is 11.8. The molecule has 5 heteroatoms.